The van der Waals surface area contributed by atoms with Crippen LogP contribution in [0.5, 0.6) is 0 Å². The maximum absolute atomic E-state index is 13.5. The minimum atomic E-state index is -0.793. The molecule has 0 spiro atoms. The molecule has 23 heavy (non-hydrogen) atoms. The van der Waals surface area contributed by atoms with Crippen LogP contribution in [0.2, 0.25) is 0 Å². The van der Waals surface area contributed by atoms with Gasteiger partial charge in [-0.05, 0) is 37.1 Å². The van der Waals surface area contributed by atoms with Crippen molar-refractivity contribution in [1.82, 2.24) is 4.90 Å². The molecule has 2 rings (SSSR count). The number of hydrogen-bond acceptors (Lipinski definition) is 2. The molecule has 1 N–H and O–H groups in total. The summed E-state index contributed by atoms with van der Waals surface area (Å²) in [5.74, 6) is -1.90. The number of carbonyl (C=O) groups excluding carboxylic acids is 2. The van der Waals surface area contributed by atoms with E-state index in [4.69, 9.17) is 0 Å². The summed E-state index contributed by atoms with van der Waals surface area (Å²) in [4.78, 5) is 25.7. The van der Waals surface area contributed by atoms with E-state index in [1.165, 1.54) is 11.0 Å². The predicted molar refractivity (Wildman–Crippen MR) is 87.4 cm³/mol. The number of aryl methyl sites for hydroxylation is 1. The van der Waals surface area contributed by atoms with Crippen LogP contribution in [0.15, 0.2) is 48.5 Å². The third-order valence-electron chi connectivity index (χ3n) is 3.81. The second kappa shape index (κ2) is 7.05. The monoisotopic (exact) mass is 314 g/mol. The highest BCUT2D eigenvalue weighted by Gasteiger charge is 2.23. The highest BCUT2D eigenvalue weighted by molar-refractivity contribution is 6.39. The van der Waals surface area contributed by atoms with Crippen molar-refractivity contribution in [3.63, 3.8) is 0 Å². The molecule has 0 aliphatic rings. The fourth-order valence-corrected chi connectivity index (χ4v) is 2.15. The first-order valence-electron chi connectivity index (χ1n) is 7.29. The highest BCUT2D eigenvalue weighted by atomic mass is 19.1. The molecule has 0 radical (unpaired) electrons. The van der Waals surface area contributed by atoms with Crippen molar-refractivity contribution in [2.24, 2.45) is 0 Å². The zero-order chi connectivity index (χ0) is 17.0. The highest BCUT2D eigenvalue weighted by Crippen LogP contribution is 2.19. The van der Waals surface area contributed by atoms with Gasteiger partial charge in [-0.3, -0.25) is 9.59 Å². The molecular formula is C18H19FN2O2. The van der Waals surface area contributed by atoms with Gasteiger partial charge in [-0.2, -0.15) is 0 Å². The van der Waals surface area contributed by atoms with Gasteiger partial charge in [-0.25, -0.2) is 4.39 Å². The van der Waals surface area contributed by atoms with Gasteiger partial charge < -0.3 is 10.2 Å². The molecule has 0 aliphatic carbocycles. The Morgan fingerprint density at radius 3 is 2.39 bits per heavy atom. The molecule has 0 fully saturated rings. The van der Waals surface area contributed by atoms with Gasteiger partial charge in [0.05, 0.1) is 6.04 Å². The number of nitrogens with zero attached hydrogens (tertiary/aromatic N) is 1. The van der Waals surface area contributed by atoms with Gasteiger partial charge >= 0.3 is 11.8 Å². The van der Waals surface area contributed by atoms with E-state index in [1.54, 1.807) is 26.1 Å². The quantitative estimate of drug-likeness (QED) is 0.884. The maximum atomic E-state index is 13.5. The smallest absolute Gasteiger partial charge is 0.313 e. The van der Waals surface area contributed by atoms with Crippen LogP contribution in [0.3, 0.4) is 0 Å². The Labute approximate surface area is 134 Å². The number of carbonyl (C=O) groups is 2. The van der Waals surface area contributed by atoms with E-state index in [9.17, 15) is 14.0 Å². The second-order valence-electron chi connectivity index (χ2n) is 5.42. The van der Waals surface area contributed by atoms with Crippen LogP contribution in [0.4, 0.5) is 10.1 Å². The van der Waals surface area contributed by atoms with E-state index >= 15 is 0 Å². The average Bonchev–Trinajstić information content (AvgIpc) is 2.57. The third-order valence-corrected chi connectivity index (χ3v) is 3.81. The van der Waals surface area contributed by atoms with Crippen LogP contribution < -0.4 is 5.32 Å². The summed E-state index contributed by atoms with van der Waals surface area (Å²) in [6, 6.07) is 13.5. The summed E-state index contributed by atoms with van der Waals surface area (Å²) in [5, 5.41) is 2.43. The number of amides is 2. The maximum Gasteiger partial charge on any atom is 0.313 e. The van der Waals surface area contributed by atoms with Crippen LogP contribution in [-0.4, -0.2) is 23.8 Å². The molecule has 2 amide bonds. The first-order chi connectivity index (χ1) is 10.9. The Kier molecular flexibility index (Phi) is 5.11. The molecule has 4 nitrogen and oxygen atoms in total. The van der Waals surface area contributed by atoms with Gasteiger partial charge in [0.25, 0.3) is 0 Å². The predicted octanol–water partition coefficient (Wildman–Crippen LogP) is 3.29. The number of nitrogens with one attached hydrogen (secondary N) is 1. The van der Waals surface area contributed by atoms with Crippen LogP contribution in [-0.2, 0) is 9.59 Å². The van der Waals surface area contributed by atoms with Crippen molar-refractivity contribution in [3.8, 4) is 0 Å². The van der Waals surface area contributed by atoms with Gasteiger partial charge in [-0.15, -0.1) is 0 Å². The third kappa shape index (κ3) is 3.94. The van der Waals surface area contributed by atoms with Crippen LogP contribution >= 0.6 is 0 Å². The van der Waals surface area contributed by atoms with Crippen molar-refractivity contribution in [1.29, 1.82) is 0 Å². The lowest BCUT2D eigenvalue weighted by Gasteiger charge is -2.24. The van der Waals surface area contributed by atoms with Gasteiger partial charge in [0.1, 0.15) is 5.82 Å². The molecule has 2 aromatic rings. The number of likely N-dealkylation sites (N-methyl/N-ethyl adjacent to an activating group) is 1. The largest absolute Gasteiger partial charge is 0.331 e. The van der Waals surface area contributed by atoms with E-state index < -0.39 is 17.6 Å². The summed E-state index contributed by atoms with van der Waals surface area (Å²) >= 11 is 0. The number of anilines is 1. The molecular weight excluding hydrogens is 295 g/mol. The Bertz CT molecular complexity index is 716. The fourth-order valence-electron chi connectivity index (χ4n) is 2.15. The summed E-state index contributed by atoms with van der Waals surface area (Å²) in [6.07, 6.45) is 0. The van der Waals surface area contributed by atoms with Crippen molar-refractivity contribution in [2.45, 2.75) is 19.9 Å². The molecule has 0 aliphatic heterocycles. The second-order valence-corrected chi connectivity index (χ2v) is 5.42. The van der Waals surface area contributed by atoms with E-state index in [2.05, 4.69) is 5.32 Å². The molecule has 2 aromatic carbocycles. The molecule has 0 saturated heterocycles. The molecule has 0 heterocycles. The summed E-state index contributed by atoms with van der Waals surface area (Å²) < 4.78 is 13.5. The summed E-state index contributed by atoms with van der Waals surface area (Å²) in [5.41, 5.74) is 1.66. The van der Waals surface area contributed by atoms with Gasteiger partial charge in [-0.1, -0.05) is 36.4 Å². The standard InChI is InChI=1S/C18H19FN2O2/c1-12-9-10-15(11-16(12)19)20-17(22)18(23)21(3)13(2)14-7-5-4-6-8-14/h4-11,13H,1-3H3,(H,20,22)/t13-/m1/s1. The van der Waals surface area contributed by atoms with E-state index in [-0.39, 0.29) is 11.7 Å². The Hall–Kier alpha value is -2.69. The fraction of sp³-hybridized carbons (Fsp3) is 0.222. The molecule has 1 atom stereocenters. The molecule has 0 bridgehead atoms. The lowest BCUT2D eigenvalue weighted by atomic mass is 10.1. The van der Waals surface area contributed by atoms with Crippen molar-refractivity contribution in [3.05, 3.63) is 65.5 Å². The zero-order valence-corrected chi connectivity index (χ0v) is 13.3. The van der Waals surface area contributed by atoms with E-state index in [0.29, 0.717) is 5.56 Å². The number of benzene rings is 2. The van der Waals surface area contributed by atoms with Crippen molar-refractivity contribution in [2.75, 3.05) is 12.4 Å². The van der Waals surface area contributed by atoms with E-state index in [0.717, 1.165) is 5.56 Å². The van der Waals surface area contributed by atoms with Crippen LogP contribution in [0.25, 0.3) is 0 Å². The first-order valence-corrected chi connectivity index (χ1v) is 7.29. The van der Waals surface area contributed by atoms with Gasteiger partial charge in [0.2, 0.25) is 0 Å². The molecule has 120 valence electrons. The van der Waals surface area contributed by atoms with Gasteiger partial charge in [0.15, 0.2) is 0 Å². The zero-order valence-electron chi connectivity index (χ0n) is 13.3. The molecule has 0 saturated carbocycles. The molecule has 0 aromatic heterocycles. The SMILES string of the molecule is Cc1ccc(NC(=O)C(=O)N(C)[C@H](C)c2ccccc2)cc1F. The number of hydrogen-bond donors (Lipinski definition) is 1. The normalized spacial score (nSPS) is 11.7. The summed E-state index contributed by atoms with van der Waals surface area (Å²) in [7, 11) is 1.56. The average molecular weight is 314 g/mol. The minimum absolute atomic E-state index is 0.246. The van der Waals surface area contributed by atoms with Crippen molar-refractivity contribution >= 4 is 17.5 Å². The van der Waals surface area contributed by atoms with Crippen LogP contribution in [0.1, 0.15) is 24.1 Å². The Morgan fingerprint density at radius 1 is 1.13 bits per heavy atom. The molecule has 5 heteroatoms. The summed E-state index contributed by atoms with van der Waals surface area (Å²) in [6.45, 7) is 3.47. The Balaban J connectivity index is 2.06. The Morgan fingerprint density at radius 2 is 1.78 bits per heavy atom. The first kappa shape index (κ1) is 16.7. The van der Waals surface area contributed by atoms with Gasteiger partial charge in [0, 0.05) is 12.7 Å². The van der Waals surface area contributed by atoms with E-state index in [1.807, 2.05) is 37.3 Å². The topological polar surface area (TPSA) is 49.4 Å². The number of rotatable bonds is 3. The van der Waals surface area contributed by atoms with Crippen LogP contribution in [0, 0.1) is 12.7 Å². The number of halogens is 1. The lowest BCUT2D eigenvalue weighted by Crippen LogP contribution is -2.38. The minimum Gasteiger partial charge on any atom is -0.331 e. The van der Waals surface area contributed by atoms with Crippen molar-refractivity contribution < 1.29 is 14.0 Å². The lowest BCUT2D eigenvalue weighted by molar-refractivity contribution is -0.143. The molecule has 0 unspecified atom stereocenters.